The molecule has 0 aliphatic heterocycles. The summed E-state index contributed by atoms with van der Waals surface area (Å²) >= 11 is 5.80. The van der Waals surface area contributed by atoms with Gasteiger partial charge in [-0.2, -0.15) is 0 Å². The average molecular weight is 300 g/mol. The predicted octanol–water partition coefficient (Wildman–Crippen LogP) is 4.17. The maximum absolute atomic E-state index is 14.1. The highest BCUT2D eigenvalue weighted by Gasteiger charge is 2.45. The molecule has 112 valence electrons. The second kappa shape index (κ2) is 6.42. The van der Waals surface area contributed by atoms with E-state index in [1.54, 1.807) is 12.1 Å². The Balaban J connectivity index is 2.38. The van der Waals surface area contributed by atoms with E-state index in [0.29, 0.717) is 10.6 Å². The molecule has 0 spiro atoms. The maximum atomic E-state index is 14.1. The number of aliphatic hydroxyl groups is 1. The Morgan fingerprint density at radius 3 is 2.40 bits per heavy atom. The van der Waals surface area contributed by atoms with Gasteiger partial charge in [-0.15, -0.1) is 0 Å². The van der Waals surface area contributed by atoms with Crippen LogP contribution in [0.3, 0.4) is 0 Å². The molecule has 1 fully saturated rings. The summed E-state index contributed by atoms with van der Waals surface area (Å²) in [5, 5.41) is 11.2. The van der Waals surface area contributed by atoms with Crippen molar-refractivity contribution in [3.8, 4) is 0 Å². The van der Waals surface area contributed by atoms with Gasteiger partial charge >= 0.3 is 0 Å². The summed E-state index contributed by atoms with van der Waals surface area (Å²) in [4.78, 5) is 2.28. The van der Waals surface area contributed by atoms with Crippen LogP contribution < -0.4 is 0 Å². The van der Waals surface area contributed by atoms with Crippen molar-refractivity contribution in [3.63, 3.8) is 0 Å². The minimum atomic E-state index is -0.804. The fourth-order valence-corrected chi connectivity index (χ4v) is 3.77. The first-order valence-electron chi connectivity index (χ1n) is 7.43. The lowest BCUT2D eigenvalue weighted by Gasteiger charge is -2.44. The lowest BCUT2D eigenvalue weighted by atomic mass is 9.83. The molecule has 1 N–H and O–H groups in total. The van der Waals surface area contributed by atoms with E-state index in [-0.39, 0.29) is 5.54 Å². The summed E-state index contributed by atoms with van der Waals surface area (Å²) in [7, 11) is 0. The van der Waals surface area contributed by atoms with Gasteiger partial charge in [0.2, 0.25) is 0 Å². The highest BCUT2D eigenvalue weighted by molar-refractivity contribution is 6.30. The van der Waals surface area contributed by atoms with Gasteiger partial charge in [0, 0.05) is 10.6 Å². The first-order valence-corrected chi connectivity index (χ1v) is 7.81. The Morgan fingerprint density at radius 2 is 1.90 bits per heavy atom. The van der Waals surface area contributed by atoms with Gasteiger partial charge in [0.25, 0.3) is 0 Å². The van der Waals surface area contributed by atoms with E-state index in [4.69, 9.17) is 11.6 Å². The SMILES string of the molecule is CCN(CC)C1(C(O)c2ccc(Cl)cc2F)CCCC1. The number of rotatable bonds is 5. The standard InChI is InChI=1S/C16H23ClFNO/c1-3-19(4-2)16(9-5-6-10-16)15(20)13-8-7-12(17)11-14(13)18/h7-8,11,15,20H,3-6,9-10H2,1-2H3. The number of nitrogens with zero attached hydrogens (tertiary/aromatic N) is 1. The van der Waals surface area contributed by atoms with Gasteiger partial charge in [0.05, 0.1) is 5.54 Å². The average Bonchev–Trinajstić information content (AvgIpc) is 2.90. The largest absolute Gasteiger partial charge is 0.386 e. The van der Waals surface area contributed by atoms with E-state index in [1.165, 1.54) is 6.07 Å². The molecule has 1 aromatic carbocycles. The normalized spacial score (nSPS) is 19.5. The van der Waals surface area contributed by atoms with Gasteiger partial charge in [-0.05, 0) is 38.1 Å². The lowest BCUT2D eigenvalue weighted by Crippen LogP contribution is -2.51. The molecule has 1 aliphatic carbocycles. The molecule has 0 amide bonds. The number of aliphatic hydroxyl groups excluding tert-OH is 1. The van der Waals surface area contributed by atoms with Crippen LogP contribution >= 0.6 is 11.6 Å². The molecule has 0 bridgehead atoms. The highest BCUT2D eigenvalue weighted by atomic mass is 35.5. The van der Waals surface area contributed by atoms with Gasteiger partial charge in [0.1, 0.15) is 11.9 Å². The molecule has 0 saturated heterocycles. The number of halogens is 2. The summed E-state index contributed by atoms with van der Waals surface area (Å²) in [6.07, 6.45) is 3.20. The molecule has 20 heavy (non-hydrogen) atoms. The van der Waals surface area contributed by atoms with Crippen LogP contribution in [-0.2, 0) is 0 Å². The molecule has 2 nitrogen and oxygen atoms in total. The first-order chi connectivity index (χ1) is 9.55. The second-order valence-electron chi connectivity index (χ2n) is 5.55. The Hall–Kier alpha value is -0.640. The second-order valence-corrected chi connectivity index (χ2v) is 5.99. The van der Waals surface area contributed by atoms with Crippen molar-refractivity contribution in [2.24, 2.45) is 0 Å². The van der Waals surface area contributed by atoms with Crippen LogP contribution in [0.4, 0.5) is 4.39 Å². The molecule has 1 saturated carbocycles. The minimum Gasteiger partial charge on any atom is -0.386 e. The Bertz CT molecular complexity index is 456. The quantitative estimate of drug-likeness (QED) is 0.882. The van der Waals surface area contributed by atoms with E-state index in [2.05, 4.69) is 18.7 Å². The van der Waals surface area contributed by atoms with Crippen molar-refractivity contribution < 1.29 is 9.50 Å². The van der Waals surface area contributed by atoms with Crippen molar-refractivity contribution in [1.29, 1.82) is 0 Å². The summed E-state index contributed by atoms with van der Waals surface area (Å²) in [6.45, 7) is 5.91. The molecule has 1 unspecified atom stereocenters. The van der Waals surface area contributed by atoms with E-state index < -0.39 is 11.9 Å². The summed E-state index contributed by atoms with van der Waals surface area (Å²) in [5.74, 6) is -0.413. The first kappa shape index (κ1) is 15.7. The van der Waals surface area contributed by atoms with Gasteiger partial charge < -0.3 is 5.11 Å². The van der Waals surface area contributed by atoms with Crippen molar-refractivity contribution in [1.82, 2.24) is 4.90 Å². The summed E-state index contributed by atoms with van der Waals surface area (Å²) in [5.41, 5.74) is 0.0289. The topological polar surface area (TPSA) is 23.5 Å². The Morgan fingerprint density at radius 1 is 1.30 bits per heavy atom. The number of hydrogen-bond acceptors (Lipinski definition) is 2. The fraction of sp³-hybridized carbons (Fsp3) is 0.625. The van der Waals surface area contributed by atoms with Crippen LogP contribution in [0.2, 0.25) is 5.02 Å². The third kappa shape index (κ3) is 2.72. The molecule has 2 rings (SSSR count). The van der Waals surface area contributed by atoms with Crippen LogP contribution in [-0.4, -0.2) is 28.6 Å². The molecule has 1 aromatic rings. The zero-order valence-electron chi connectivity index (χ0n) is 12.2. The van der Waals surface area contributed by atoms with Crippen LogP contribution in [0.5, 0.6) is 0 Å². The Labute approximate surface area is 125 Å². The Kier molecular flexibility index (Phi) is 5.05. The summed E-state index contributed by atoms with van der Waals surface area (Å²) in [6, 6.07) is 4.55. The molecule has 1 atom stereocenters. The molecular formula is C16H23ClFNO. The molecule has 1 aliphatic rings. The highest BCUT2D eigenvalue weighted by Crippen LogP contribution is 2.45. The van der Waals surface area contributed by atoms with E-state index in [9.17, 15) is 9.50 Å². The van der Waals surface area contributed by atoms with E-state index in [0.717, 1.165) is 38.8 Å². The molecule has 0 heterocycles. The number of likely N-dealkylation sites (N-methyl/N-ethyl adjacent to an activating group) is 1. The van der Waals surface area contributed by atoms with Crippen molar-refractivity contribution >= 4 is 11.6 Å². The monoisotopic (exact) mass is 299 g/mol. The zero-order chi connectivity index (χ0) is 14.8. The number of benzene rings is 1. The van der Waals surface area contributed by atoms with Crippen LogP contribution in [0, 0.1) is 5.82 Å². The van der Waals surface area contributed by atoms with Crippen LogP contribution in [0.15, 0.2) is 18.2 Å². The predicted molar refractivity (Wildman–Crippen MR) is 80.5 cm³/mol. The molecule has 0 radical (unpaired) electrons. The van der Waals surface area contributed by atoms with Crippen molar-refractivity contribution in [3.05, 3.63) is 34.6 Å². The molecule has 0 aromatic heterocycles. The smallest absolute Gasteiger partial charge is 0.130 e. The van der Waals surface area contributed by atoms with Gasteiger partial charge in [-0.3, -0.25) is 4.90 Å². The van der Waals surface area contributed by atoms with Crippen molar-refractivity contribution in [2.75, 3.05) is 13.1 Å². The molecule has 4 heteroatoms. The third-order valence-corrected chi connectivity index (χ3v) is 4.86. The molecular weight excluding hydrogens is 277 g/mol. The van der Waals surface area contributed by atoms with Gasteiger partial charge in [0.15, 0.2) is 0 Å². The zero-order valence-corrected chi connectivity index (χ0v) is 13.0. The van der Waals surface area contributed by atoms with Crippen LogP contribution in [0.25, 0.3) is 0 Å². The van der Waals surface area contributed by atoms with Gasteiger partial charge in [-0.1, -0.05) is 44.4 Å². The van der Waals surface area contributed by atoms with Crippen molar-refractivity contribution in [2.45, 2.75) is 51.2 Å². The number of hydrogen-bond donors (Lipinski definition) is 1. The van der Waals surface area contributed by atoms with E-state index >= 15 is 0 Å². The maximum Gasteiger partial charge on any atom is 0.130 e. The summed E-state index contributed by atoms with van der Waals surface area (Å²) < 4.78 is 14.1. The third-order valence-electron chi connectivity index (χ3n) is 4.63. The van der Waals surface area contributed by atoms with Gasteiger partial charge in [-0.25, -0.2) is 4.39 Å². The minimum absolute atomic E-state index is 0.335. The van der Waals surface area contributed by atoms with Crippen LogP contribution in [0.1, 0.15) is 51.2 Å². The van der Waals surface area contributed by atoms with E-state index in [1.807, 2.05) is 0 Å². The lowest BCUT2D eigenvalue weighted by molar-refractivity contribution is -0.0285. The fourth-order valence-electron chi connectivity index (χ4n) is 3.62.